The van der Waals surface area contributed by atoms with E-state index in [1.165, 1.54) is 44.9 Å². The average Bonchev–Trinajstić information content (AvgIpc) is 2.26. The number of hydrogen-bond donors (Lipinski definition) is 1. The molecule has 1 nitrogen and oxygen atoms in total. The predicted molar refractivity (Wildman–Crippen MR) is 70.7 cm³/mol. The van der Waals surface area contributed by atoms with Crippen LogP contribution in [0.4, 0.5) is 0 Å². The molecular weight excluding hydrogens is 208 g/mol. The topological polar surface area (TPSA) is 20.2 Å². The summed E-state index contributed by atoms with van der Waals surface area (Å²) in [6.07, 6.45) is 10.7. The van der Waals surface area contributed by atoms with Gasteiger partial charge in [-0.05, 0) is 74.0 Å². The third kappa shape index (κ3) is 2.05. The lowest BCUT2D eigenvalue weighted by Gasteiger charge is -2.58. The minimum absolute atomic E-state index is 0.00847. The van der Waals surface area contributed by atoms with Gasteiger partial charge in [0.2, 0.25) is 0 Å². The van der Waals surface area contributed by atoms with Crippen molar-refractivity contribution in [1.82, 2.24) is 0 Å². The normalized spacial score (nSPS) is 47.1. The monoisotopic (exact) mass is 236 g/mol. The molecule has 0 spiro atoms. The van der Waals surface area contributed by atoms with Crippen molar-refractivity contribution in [2.45, 2.75) is 71.3 Å². The van der Waals surface area contributed by atoms with Crippen LogP contribution < -0.4 is 0 Å². The number of hydrogen-bond acceptors (Lipinski definition) is 1. The smallest absolute Gasteiger partial charge is 0.0599 e. The Kier molecular flexibility index (Phi) is 3.01. The van der Waals surface area contributed by atoms with E-state index in [9.17, 15) is 5.11 Å². The molecule has 4 aliphatic carbocycles. The molecule has 17 heavy (non-hydrogen) atoms. The van der Waals surface area contributed by atoms with E-state index >= 15 is 0 Å². The summed E-state index contributed by atoms with van der Waals surface area (Å²) < 4.78 is 0. The fourth-order valence-electron chi connectivity index (χ4n) is 5.38. The quantitative estimate of drug-likeness (QED) is 0.782. The van der Waals surface area contributed by atoms with Crippen molar-refractivity contribution in [1.29, 1.82) is 0 Å². The first-order valence-electron chi connectivity index (χ1n) is 7.79. The van der Waals surface area contributed by atoms with Crippen LogP contribution in [0.25, 0.3) is 0 Å². The maximum atomic E-state index is 10.7. The lowest BCUT2D eigenvalue weighted by atomic mass is 9.47. The Balaban J connectivity index is 1.73. The van der Waals surface area contributed by atoms with E-state index in [4.69, 9.17) is 0 Å². The van der Waals surface area contributed by atoms with Crippen molar-refractivity contribution in [3.8, 4) is 0 Å². The summed E-state index contributed by atoms with van der Waals surface area (Å²) in [5, 5.41) is 10.7. The van der Waals surface area contributed by atoms with Gasteiger partial charge in [0.15, 0.2) is 0 Å². The van der Waals surface area contributed by atoms with Crippen molar-refractivity contribution in [2.24, 2.45) is 29.1 Å². The molecule has 0 heterocycles. The molecule has 2 atom stereocenters. The first-order valence-corrected chi connectivity index (χ1v) is 7.79. The van der Waals surface area contributed by atoms with Crippen LogP contribution in [0.3, 0.4) is 0 Å². The van der Waals surface area contributed by atoms with Crippen LogP contribution in [-0.4, -0.2) is 11.2 Å². The summed E-state index contributed by atoms with van der Waals surface area (Å²) in [7, 11) is 0. The van der Waals surface area contributed by atoms with Gasteiger partial charge in [0, 0.05) is 0 Å². The fourth-order valence-corrected chi connectivity index (χ4v) is 5.38. The molecule has 0 amide bonds. The van der Waals surface area contributed by atoms with Crippen molar-refractivity contribution in [3.05, 3.63) is 0 Å². The van der Waals surface area contributed by atoms with E-state index in [2.05, 4.69) is 13.8 Å². The summed E-state index contributed by atoms with van der Waals surface area (Å²) in [6.45, 7) is 4.54. The van der Waals surface area contributed by atoms with Crippen LogP contribution in [-0.2, 0) is 0 Å². The highest BCUT2D eigenvalue weighted by molar-refractivity contribution is 5.04. The second-order valence-electron chi connectivity index (χ2n) is 7.54. The Hall–Kier alpha value is -0.0400. The molecule has 0 aliphatic heterocycles. The van der Waals surface area contributed by atoms with Gasteiger partial charge in [-0.1, -0.05) is 20.3 Å². The molecule has 2 unspecified atom stereocenters. The minimum atomic E-state index is -0.00847. The lowest BCUT2D eigenvalue weighted by molar-refractivity contribution is -0.125. The third-order valence-corrected chi connectivity index (χ3v) is 6.12. The SMILES string of the molecule is CCC(C)CC(O)C12CC3CC(CC(C3)C1)C2. The highest BCUT2D eigenvalue weighted by Gasteiger charge is 2.53. The number of aliphatic hydroxyl groups is 1. The first-order chi connectivity index (χ1) is 8.11. The Bertz CT molecular complexity index is 248. The van der Waals surface area contributed by atoms with Crippen LogP contribution in [0.1, 0.15) is 65.2 Å². The molecule has 1 heteroatoms. The van der Waals surface area contributed by atoms with Crippen LogP contribution >= 0.6 is 0 Å². The maximum Gasteiger partial charge on any atom is 0.0599 e. The molecular formula is C16H28O. The highest BCUT2D eigenvalue weighted by atomic mass is 16.3. The lowest BCUT2D eigenvalue weighted by Crippen LogP contribution is -2.52. The van der Waals surface area contributed by atoms with E-state index in [1.54, 1.807) is 0 Å². The highest BCUT2D eigenvalue weighted by Crippen LogP contribution is 2.61. The summed E-state index contributed by atoms with van der Waals surface area (Å²) in [5.41, 5.74) is 0.345. The first kappa shape index (κ1) is 12.0. The zero-order chi connectivity index (χ0) is 12.0. The largest absolute Gasteiger partial charge is 0.393 e. The van der Waals surface area contributed by atoms with E-state index in [1.807, 2.05) is 0 Å². The average molecular weight is 236 g/mol. The van der Waals surface area contributed by atoms with Gasteiger partial charge in [-0.2, -0.15) is 0 Å². The molecule has 0 saturated heterocycles. The molecule has 4 aliphatic rings. The molecule has 0 aromatic carbocycles. The maximum absolute atomic E-state index is 10.7. The van der Waals surface area contributed by atoms with Crippen molar-refractivity contribution in [2.75, 3.05) is 0 Å². The third-order valence-electron chi connectivity index (χ3n) is 6.12. The zero-order valence-electron chi connectivity index (χ0n) is 11.5. The molecule has 98 valence electrons. The van der Waals surface area contributed by atoms with Gasteiger partial charge in [-0.15, -0.1) is 0 Å². The van der Waals surface area contributed by atoms with Crippen molar-refractivity contribution in [3.63, 3.8) is 0 Å². The van der Waals surface area contributed by atoms with Crippen LogP contribution in [0.15, 0.2) is 0 Å². The van der Waals surface area contributed by atoms with Crippen molar-refractivity contribution >= 4 is 0 Å². The Morgan fingerprint density at radius 2 is 1.53 bits per heavy atom. The molecule has 1 N–H and O–H groups in total. The molecule has 4 saturated carbocycles. The van der Waals surface area contributed by atoms with Gasteiger partial charge >= 0.3 is 0 Å². The number of aliphatic hydroxyl groups excluding tert-OH is 1. The minimum Gasteiger partial charge on any atom is -0.393 e. The standard InChI is InChI=1S/C16H28O/c1-3-11(2)4-15(17)16-8-12-5-13(9-16)7-14(6-12)10-16/h11-15,17H,3-10H2,1-2H3. The summed E-state index contributed by atoms with van der Waals surface area (Å²) >= 11 is 0. The van der Waals surface area contributed by atoms with Gasteiger partial charge in [0.1, 0.15) is 0 Å². The Morgan fingerprint density at radius 1 is 1.06 bits per heavy atom. The van der Waals surface area contributed by atoms with Gasteiger partial charge in [0.25, 0.3) is 0 Å². The Labute approximate surface area is 106 Å². The molecule has 4 bridgehead atoms. The molecule has 0 aromatic heterocycles. The molecule has 4 fully saturated rings. The van der Waals surface area contributed by atoms with Crippen molar-refractivity contribution < 1.29 is 5.11 Å². The van der Waals surface area contributed by atoms with Crippen LogP contribution in [0, 0.1) is 29.1 Å². The van der Waals surface area contributed by atoms with E-state index in [0.717, 1.165) is 24.2 Å². The number of rotatable bonds is 4. The van der Waals surface area contributed by atoms with Gasteiger partial charge in [0.05, 0.1) is 6.10 Å². The van der Waals surface area contributed by atoms with Crippen LogP contribution in [0.2, 0.25) is 0 Å². The second kappa shape index (κ2) is 4.26. The molecule has 0 aromatic rings. The van der Waals surface area contributed by atoms with Gasteiger partial charge in [-0.3, -0.25) is 0 Å². The molecule has 4 rings (SSSR count). The zero-order valence-corrected chi connectivity index (χ0v) is 11.5. The second-order valence-corrected chi connectivity index (χ2v) is 7.54. The summed E-state index contributed by atoms with van der Waals surface area (Å²) in [5.74, 6) is 3.59. The Morgan fingerprint density at radius 3 is 1.94 bits per heavy atom. The van der Waals surface area contributed by atoms with Crippen LogP contribution in [0.5, 0.6) is 0 Å². The summed E-state index contributed by atoms with van der Waals surface area (Å²) in [6, 6.07) is 0. The predicted octanol–water partition coefficient (Wildman–Crippen LogP) is 4.00. The van der Waals surface area contributed by atoms with Gasteiger partial charge in [-0.25, -0.2) is 0 Å². The molecule has 0 radical (unpaired) electrons. The fraction of sp³-hybridized carbons (Fsp3) is 1.00. The summed E-state index contributed by atoms with van der Waals surface area (Å²) in [4.78, 5) is 0. The van der Waals surface area contributed by atoms with Gasteiger partial charge < -0.3 is 5.11 Å². The van der Waals surface area contributed by atoms with E-state index in [0.29, 0.717) is 11.3 Å². The van der Waals surface area contributed by atoms with E-state index in [-0.39, 0.29) is 6.10 Å². The van der Waals surface area contributed by atoms with E-state index < -0.39 is 0 Å².